The van der Waals surface area contributed by atoms with E-state index in [4.69, 9.17) is 5.26 Å². The van der Waals surface area contributed by atoms with E-state index in [1.54, 1.807) is 0 Å². The molecule has 2 amide bonds. The number of hydrogen-bond donors (Lipinski definition) is 0. The van der Waals surface area contributed by atoms with Gasteiger partial charge in [0.05, 0.1) is 23.4 Å². The summed E-state index contributed by atoms with van der Waals surface area (Å²) in [6.45, 7) is -0.252. The van der Waals surface area contributed by atoms with Crippen molar-refractivity contribution in [3.8, 4) is 6.07 Å². The van der Waals surface area contributed by atoms with Gasteiger partial charge in [-0.2, -0.15) is 31.6 Å². The lowest BCUT2D eigenvalue weighted by Gasteiger charge is -2.43. The molecule has 2 fully saturated rings. The fourth-order valence-corrected chi connectivity index (χ4v) is 9.32. The van der Waals surface area contributed by atoms with Crippen molar-refractivity contribution >= 4 is 21.7 Å². The van der Waals surface area contributed by atoms with Crippen LogP contribution in [0.2, 0.25) is 0 Å². The van der Waals surface area contributed by atoms with Gasteiger partial charge in [-0.05, 0) is 61.1 Å². The summed E-state index contributed by atoms with van der Waals surface area (Å²) < 4.78 is 137. The normalized spacial score (nSPS) is 23.9. The van der Waals surface area contributed by atoms with Crippen molar-refractivity contribution in [2.24, 2.45) is 0 Å². The number of aryl methyl sites for hydroxylation is 1. The number of nitrogens with zero attached hydrogens (tertiary/aromatic N) is 3. The summed E-state index contributed by atoms with van der Waals surface area (Å²) in [6.07, 6.45) is -13.6. The van der Waals surface area contributed by atoms with Crippen LogP contribution < -0.4 is 0 Å². The number of likely N-dealkylation sites (tertiary alicyclic amines) is 2. The van der Waals surface area contributed by atoms with Crippen molar-refractivity contribution in [2.75, 3.05) is 13.1 Å². The van der Waals surface area contributed by atoms with Crippen LogP contribution >= 0.6 is 0 Å². The molecule has 2 aliphatic heterocycles. The lowest BCUT2D eigenvalue weighted by atomic mass is 9.76. The molecule has 1 aliphatic carbocycles. The molecular formula is C29H25F8N3O4S. The van der Waals surface area contributed by atoms with Crippen LogP contribution in [0.4, 0.5) is 35.1 Å². The van der Waals surface area contributed by atoms with Crippen molar-refractivity contribution < 1.29 is 53.1 Å². The highest BCUT2D eigenvalue weighted by Crippen LogP contribution is 2.57. The van der Waals surface area contributed by atoms with Gasteiger partial charge in [0.25, 0.3) is 0 Å². The summed E-state index contributed by atoms with van der Waals surface area (Å²) in [5, 5.41) is 8.98. The molecule has 2 saturated heterocycles. The van der Waals surface area contributed by atoms with E-state index in [2.05, 4.69) is 0 Å². The number of nitriles is 1. The first kappa shape index (κ1) is 32.6. The molecule has 0 N–H and O–H groups in total. The molecule has 0 radical (unpaired) electrons. The third kappa shape index (κ3) is 4.85. The van der Waals surface area contributed by atoms with Crippen molar-refractivity contribution in [3.63, 3.8) is 0 Å². The maximum Gasteiger partial charge on any atom is 0.435 e. The first-order valence-electron chi connectivity index (χ1n) is 13.8. The van der Waals surface area contributed by atoms with Crippen LogP contribution in [0.5, 0.6) is 0 Å². The van der Waals surface area contributed by atoms with Crippen LogP contribution in [-0.4, -0.2) is 67.6 Å². The van der Waals surface area contributed by atoms with Crippen LogP contribution in [0.1, 0.15) is 48.8 Å². The zero-order valence-corrected chi connectivity index (χ0v) is 24.1. The Morgan fingerprint density at radius 1 is 0.978 bits per heavy atom. The smallest absolute Gasteiger partial charge is 0.336 e. The Morgan fingerprint density at radius 2 is 1.62 bits per heavy atom. The predicted octanol–water partition coefficient (Wildman–Crippen LogP) is 5.24. The fraction of sp³-hybridized carbons (Fsp3) is 0.483. The average molecular weight is 664 g/mol. The molecule has 3 atom stereocenters. The summed E-state index contributed by atoms with van der Waals surface area (Å²) in [4.78, 5) is 28.5. The number of fused-ring (bicyclic) bond motifs is 3. The highest BCUT2D eigenvalue weighted by atomic mass is 32.2. The largest absolute Gasteiger partial charge is 0.435 e. The van der Waals surface area contributed by atoms with Crippen molar-refractivity contribution in [1.82, 2.24) is 9.80 Å². The second-order valence-corrected chi connectivity index (χ2v) is 13.5. The van der Waals surface area contributed by atoms with Gasteiger partial charge in [0.1, 0.15) is 16.6 Å². The maximum atomic E-state index is 15.0. The number of rotatable bonds is 6. The number of halogens is 8. The summed E-state index contributed by atoms with van der Waals surface area (Å²) in [5.41, 5.74) is -7.98. The number of amides is 2. The Bertz CT molecular complexity index is 1660. The van der Waals surface area contributed by atoms with Gasteiger partial charge in [-0.1, -0.05) is 18.2 Å². The second-order valence-electron chi connectivity index (χ2n) is 11.3. The molecule has 1 unspecified atom stereocenters. The molecule has 3 aliphatic rings. The third-order valence-electron chi connectivity index (χ3n) is 9.03. The highest BCUT2D eigenvalue weighted by molar-refractivity contribution is 7.92. The third-order valence-corrected chi connectivity index (χ3v) is 11.6. The van der Waals surface area contributed by atoms with Gasteiger partial charge in [-0.25, -0.2) is 17.2 Å². The molecule has 0 spiro atoms. The average Bonchev–Trinajstić information content (AvgIpc) is 3.55. The van der Waals surface area contributed by atoms with E-state index in [1.807, 2.05) is 6.07 Å². The van der Waals surface area contributed by atoms with E-state index in [1.165, 1.54) is 9.80 Å². The molecule has 0 saturated carbocycles. The molecule has 0 aromatic heterocycles. The van der Waals surface area contributed by atoms with Crippen molar-refractivity contribution in [2.45, 2.75) is 78.3 Å². The van der Waals surface area contributed by atoms with Gasteiger partial charge in [0, 0.05) is 25.1 Å². The van der Waals surface area contributed by atoms with Crippen LogP contribution in [0.25, 0.3) is 0 Å². The predicted molar refractivity (Wildman–Crippen MR) is 140 cm³/mol. The van der Waals surface area contributed by atoms with E-state index < -0.39 is 66.9 Å². The van der Waals surface area contributed by atoms with Gasteiger partial charge in [-0.15, -0.1) is 0 Å². The lowest BCUT2D eigenvalue weighted by molar-refractivity contribution is -0.348. The summed E-state index contributed by atoms with van der Waals surface area (Å²) in [5.74, 6) is -1.77. The molecule has 7 nitrogen and oxygen atoms in total. The Balaban J connectivity index is 1.65. The Morgan fingerprint density at radius 3 is 2.22 bits per heavy atom. The molecule has 2 aromatic rings. The maximum absolute atomic E-state index is 15.0. The molecule has 0 bridgehead atoms. The zero-order chi connectivity index (χ0) is 33.2. The van der Waals surface area contributed by atoms with Gasteiger partial charge in [0.15, 0.2) is 9.84 Å². The SMILES string of the molecule is N#CCCN1C(=O)CCC1C(=O)N1CC[C@@]2(S(=O)(=O)c3ccc(F)cc3)c3ccc(C(F)(C(F)(F)F)C(F)(F)F)cc3CC[C@@H]12. The number of carbonyl (C=O) groups excluding carboxylic acids is 2. The van der Waals surface area contributed by atoms with E-state index in [9.17, 15) is 53.1 Å². The minimum absolute atomic E-state index is 0.00830. The number of benzene rings is 2. The van der Waals surface area contributed by atoms with Crippen molar-refractivity contribution in [3.05, 3.63) is 65.0 Å². The fourth-order valence-electron chi connectivity index (χ4n) is 6.95. The number of hydrogen-bond acceptors (Lipinski definition) is 5. The molecule has 2 aromatic carbocycles. The first-order valence-corrected chi connectivity index (χ1v) is 15.3. The number of carbonyl (C=O) groups is 2. The minimum atomic E-state index is -6.39. The number of sulfone groups is 1. The van der Waals surface area contributed by atoms with E-state index in [0.717, 1.165) is 30.3 Å². The monoisotopic (exact) mass is 663 g/mol. The minimum Gasteiger partial charge on any atom is -0.336 e. The number of alkyl halides is 7. The van der Waals surface area contributed by atoms with Gasteiger partial charge < -0.3 is 9.80 Å². The molecule has 2 heterocycles. The van der Waals surface area contributed by atoms with Crippen LogP contribution in [-0.2, 0) is 36.3 Å². The summed E-state index contributed by atoms with van der Waals surface area (Å²) in [7, 11) is -4.65. The highest BCUT2D eigenvalue weighted by Gasteiger charge is 2.74. The van der Waals surface area contributed by atoms with Crippen LogP contribution in [0, 0.1) is 17.1 Å². The molecular weight excluding hydrogens is 638 g/mol. The van der Waals surface area contributed by atoms with Crippen LogP contribution in [0.15, 0.2) is 47.4 Å². The topological polar surface area (TPSA) is 98.5 Å². The van der Waals surface area contributed by atoms with E-state index >= 15 is 0 Å². The molecule has 242 valence electrons. The standard InChI is InChI=1S/C29H25F8N3O4S/c30-19-4-6-20(7-5-19)45(43,44)26-12-15-40(25(42)22-9-11-24(41)39(22)14-1-13-38)23(26)10-2-17-16-18(3-8-21(17)26)27(31,28(32,33)34)29(35,36)37/h3-8,16,22-23H,1-2,9-12,14-15H2/t22?,23-,26-/m1/s1. The zero-order valence-electron chi connectivity index (χ0n) is 23.3. The Labute approximate surface area is 252 Å². The van der Waals surface area contributed by atoms with Gasteiger partial charge in [-0.3, -0.25) is 9.59 Å². The van der Waals surface area contributed by atoms with Crippen molar-refractivity contribution in [1.29, 1.82) is 5.26 Å². The van der Waals surface area contributed by atoms with Crippen LogP contribution in [0.3, 0.4) is 0 Å². The molecule has 16 heteroatoms. The first-order chi connectivity index (χ1) is 20.9. The van der Waals surface area contributed by atoms with Gasteiger partial charge >= 0.3 is 18.0 Å². The van der Waals surface area contributed by atoms with E-state index in [0.29, 0.717) is 6.07 Å². The summed E-state index contributed by atoms with van der Waals surface area (Å²) >= 11 is 0. The lowest BCUT2D eigenvalue weighted by Crippen LogP contribution is -2.55. The summed E-state index contributed by atoms with van der Waals surface area (Å²) in [6, 6.07) is 4.71. The quantitative estimate of drug-likeness (QED) is 0.311. The second kappa shape index (κ2) is 11.0. The molecule has 5 rings (SSSR count). The Hall–Kier alpha value is -3.74. The molecule has 45 heavy (non-hydrogen) atoms. The Kier molecular flexibility index (Phi) is 7.95. The van der Waals surface area contributed by atoms with Gasteiger partial charge in [0.2, 0.25) is 11.8 Å². The van der Waals surface area contributed by atoms with E-state index in [-0.39, 0.29) is 74.7 Å².